The van der Waals surface area contributed by atoms with Crippen molar-refractivity contribution in [2.75, 3.05) is 13.2 Å². The highest BCUT2D eigenvalue weighted by Gasteiger charge is 2.11. The van der Waals surface area contributed by atoms with Crippen LogP contribution in [0.4, 0.5) is 0 Å². The van der Waals surface area contributed by atoms with Gasteiger partial charge >= 0.3 is 5.97 Å². The molecule has 0 amide bonds. The lowest BCUT2D eigenvalue weighted by atomic mass is 10.2. The van der Waals surface area contributed by atoms with Crippen molar-refractivity contribution in [3.63, 3.8) is 0 Å². The summed E-state index contributed by atoms with van der Waals surface area (Å²) >= 11 is 0. The molecule has 0 N–H and O–H groups in total. The normalized spacial score (nSPS) is 9.33. The third kappa shape index (κ3) is 4.26. The summed E-state index contributed by atoms with van der Waals surface area (Å²) in [5.74, 6) is -0.627. The molecule has 1 rings (SSSR count). The van der Waals surface area contributed by atoms with Crippen molar-refractivity contribution in [2.45, 2.75) is 13.3 Å². The van der Waals surface area contributed by atoms with Crippen LogP contribution in [0.25, 0.3) is 0 Å². The summed E-state index contributed by atoms with van der Waals surface area (Å²) in [7, 11) is 0. The Bertz CT molecular complexity index is 476. The maximum atomic E-state index is 11.4. The molecular formula is C13H13NO4. The van der Waals surface area contributed by atoms with Crippen molar-refractivity contribution >= 4 is 11.8 Å². The van der Waals surface area contributed by atoms with E-state index in [0.29, 0.717) is 11.3 Å². The second-order valence-corrected chi connectivity index (χ2v) is 3.42. The summed E-state index contributed by atoms with van der Waals surface area (Å²) in [6.45, 7) is 1.66. The van der Waals surface area contributed by atoms with Crippen LogP contribution in [0.15, 0.2) is 24.3 Å². The number of rotatable bonds is 6. The van der Waals surface area contributed by atoms with Gasteiger partial charge in [0.05, 0.1) is 12.2 Å². The highest BCUT2D eigenvalue weighted by Crippen LogP contribution is 2.16. The number of Topliss-reactive ketones (excluding diaryl/α,β-unsaturated/α-hetero) is 1. The number of carbonyl (C=O) groups excluding carboxylic acids is 2. The predicted octanol–water partition coefficient (Wildman–Crippen LogP) is 1.46. The van der Waals surface area contributed by atoms with Crippen molar-refractivity contribution in [3.8, 4) is 11.8 Å². The van der Waals surface area contributed by atoms with E-state index >= 15 is 0 Å². The van der Waals surface area contributed by atoms with Crippen LogP contribution in [0.1, 0.15) is 18.9 Å². The number of ketones is 1. The van der Waals surface area contributed by atoms with E-state index in [-0.39, 0.29) is 25.4 Å². The molecule has 1 aromatic rings. The summed E-state index contributed by atoms with van der Waals surface area (Å²) < 4.78 is 9.83. The summed E-state index contributed by atoms with van der Waals surface area (Å²) in [6, 6.07) is 8.53. The standard InChI is InChI=1S/C13H13NO4/c1-2-17-13(16)7-11(15)9-18-12-6-4-3-5-10(12)8-14/h3-6H,2,7,9H2,1H3. The van der Waals surface area contributed by atoms with Crippen LogP contribution in [0.3, 0.4) is 0 Å². The van der Waals surface area contributed by atoms with E-state index in [1.54, 1.807) is 31.2 Å². The number of para-hydroxylation sites is 1. The minimum Gasteiger partial charge on any atom is -0.484 e. The number of esters is 1. The van der Waals surface area contributed by atoms with Gasteiger partial charge in [0, 0.05) is 0 Å². The fourth-order valence-electron chi connectivity index (χ4n) is 1.27. The Labute approximate surface area is 105 Å². The van der Waals surface area contributed by atoms with E-state index in [0.717, 1.165) is 0 Å². The molecule has 1 aromatic carbocycles. The first kappa shape index (κ1) is 13.7. The predicted molar refractivity (Wildman–Crippen MR) is 62.9 cm³/mol. The van der Waals surface area contributed by atoms with Gasteiger partial charge in [0.15, 0.2) is 5.78 Å². The van der Waals surface area contributed by atoms with E-state index in [1.165, 1.54) is 0 Å². The molecule has 0 aliphatic rings. The van der Waals surface area contributed by atoms with Gasteiger partial charge < -0.3 is 9.47 Å². The third-order valence-corrected chi connectivity index (χ3v) is 2.04. The van der Waals surface area contributed by atoms with Gasteiger partial charge in [0.1, 0.15) is 24.8 Å². The molecule has 0 atom stereocenters. The molecule has 0 saturated heterocycles. The monoisotopic (exact) mass is 247 g/mol. The first-order valence-electron chi connectivity index (χ1n) is 5.46. The molecule has 0 radical (unpaired) electrons. The van der Waals surface area contributed by atoms with Gasteiger partial charge in [0.25, 0.3) is 0 Å². The molecule has 0 aromatic heterocycles. The van der Waals surface area contributed by atoms with Gasteiger partial charge in [-0.2, -0.15) is 5.26 Å². The molecule has 0 saturated carbocycles. The fraction of sp³-hybridized carbons (Fsp3) is 0.308. The van der Waals surface area contributed by atoms with Crippen LogP contribution in [0, 0.1) is 11.3 Å². The van der Waals surface area contributed by atoms with Crippen LogP contribution >= 0.6 is 0 Å². The maximum Gasteiger partial charge on any atom is 0.313 e. The second kappa shape index (κ2) is 7.07. The lowest BCUT2D eigenvalue weighted by Crippen LogP contribution is -2.17. The first-order valence-corrected chi connectivity index (χ1v) is 5.46. The van der Waals surface area contributed by atoms with Crippen molar-refractivity contribution in [3.05, 3.63) is 29.8 Å². The average molecular weight is 247 g/mol. The molecule has 5 heteroatoms. The summed E-state index contributed by atoms with van der Waals surface area (Å²) in [5, 5.41) is 8.81. The number of nitrogens with zero attached hydrogens (tertiary/aromatic N) is 1. The van der Waals surface area contributed by atoms with Crippen molar-refractivity contribution in [2.24, 2.45) is 0 Å². The molecule has 18 heavy (non-hydrogen) atoms. The molecule has 0 unspecified atom stereocenters. The van der Waals surface area contributed by atoms with Crippen LogP contribution in [-0.4, -0.2) is 25.0 Å². The van der Waals surface area contributed by atoms with Gasteiger partial charge in [-0.1, -0.05) is 12.1 Å². The van der Waals surface area contributed by atoms with Crippen LogP contribution in [0.5, 0.6) is 5.75 Å². The zero-order valence-electron chi connectivity index (χ0n) is 10.0. The van der Waals surface area contributed by atoms with Crippen LogP contribution < -0.4 is 4.74 Å². The number of hydrogen-bond acceptors (Lipinski definition) is 5. The zero-order valence-corrected chi connectivity index (χ0v) is 10.0. The smallest absolute Gasteiger partial charge is 0.313 e. The summed E-state index contributed by atoms with van der Waals surface area (Å²) in [5.41, 5.74) is 0.349. The summed E-state index contributed by atoms with van der Waals surface area (Å²) in [4.78, 5) is 22.4. The highest BCUT2D eigenvalue weighted by atomic mass is 16.5. The lowest BCUT2D eigenvalue weighted by molar-refractivity contribution is -0.145. The second-order valence-electron chi connectivity index (χ2n) is 3.42. The van der Waals surface area contributed by atoms with Crippen molar-refractivity contribution in [1.82, 2.24) is 0 Å². The number of hydrogen-bond donors (Lipinski definition) is 0. The maximum absolute atomic E-state index is 11.4. The quantitative estimate of drug-likeness (QED) is 0.561. The Hall–Kier alpha value is -2.35. The molecule has 0 fully saturated rings. The van der Waals surface area contributed by atoms with Gasteiger partial charge in [-0.15, -0.1) is 0 Å². The number of carbonyl (C=O) groups is 2. The SMILES string of the molecule is CCOC(=O)CC(=O)COc1ccccc1C#N. The minimum absolute atomic E-state index is 0.240. The topological polar surface area (TPSA) is 76.4 Å². The fourth-order valence-corrected chi connectivity index (χ4v) is 1.27. The van der Waals surface area contributed by atoms with Gasteiger partial charge in [-0.25, -0.2) is 0 Å². The Morgan fingerprint density at radius 2 is 2.06 bits per heavy atom. The third-order valence-electron chi connectivity index (χ3n) is 2.04. The molecule has 5 nitrogen and oxygen atoms in total. The molecule has 0 aliphatic carbocycles. The van der Waals surface area contributed by atoms with Crippen LogP contribution in [0.2, 0.25) is 0 Å². The molecule has 0 aliphatic heterocycles. The van der Waals surface area contributed by atoms with Crippen molar-refractivity contribution < 1.29 is 19.1 Å². The van der Waals surface area contributed by atoms with E-state index < -0.39 is 5.97 Å². The van der Waals surface area contributed by atoms with E-state index in [1.807, 2.05) is 6.07 Å². The molecule has 94 valence electrons. The highest BCUT2D eigenvalue weighted by molar-refractivity contribution is 5.96. The Morgan fingerprint density at radius 3 is 2.72 bits per heavy atom. The largest absolute Gasteiger partial charge is 0.484 e. The zero-order chi connectivity index (χ0) is 13.4. The molecule has 0 bridgehead atoms. The minimum atomic E-state index is -0.570. The van der Waals surface area contributed by atoms with Crippen molar-refractivity contribution in [1.29, 1.82) is 5.26 Å². The van der Waals surface area contributed by atoms with Crippen LogP contribution in [-0.2, 0) is 14.3 Å². The average Bonchev–Trinajstić information content (AvgIpc) is 2.37. The van der Waals surface area contributed by atoms with E-state index in [9.17, 15) is 9.59 Å². The van der Waals surface area contributed by atoms with Gasteiger partial charge in [0.2, 0.25) is 0 Å². The summed E-state index contributed by atoms with van der Waals surface area (Å²) in [6.07, 6.45) is -0.317. The number of ether oxygens (including phenoxy) is 2. The Kier molecular flexibility index (Phi) is 5.39. The molecular weight excluding hydrogens is 234 g/mol. The molecule has 0 spiro atoms. The van der Waals surface area contributed by atoms with E-state index in [4.69, 9.17) is 10.00 Å². The lowest BCUT2D eigenvalue weighted by Gasteiger charge is -2.06. The molecule has 0 heterocycles. The first-order chi connectivity index (χ1) is 8.67. The van der Waals surface area contributed by atoms with Gasteiger partial charge in [-0.05, 0) is 19.1 Å². The number of benzene rings is 1. The Morgan fingerprint density at radius 1 is 1.33 bits per heavy atom. The number of nitriles is 1. The Balaban J connectivity index is 2.48. The van der Waals surface area contributed by atoms with Gasteiger partial charge in [-0.3, -0.25) is 9.59 Å². The van der Waals surface area contributed by atoms with E-state index in [2.05, 4.69) is 4.74 Å².